The van der Waals surface area contributed by atoms with E-state index in [4.69, 9.17) is 9.47 Å². The first-order chi connectivity index (χ1) is 58.5. The molecule has 121 heavy (non-hydrogen) atoms. The van der Waals surface area contributed by atoms with Crippen molar-refractivity contribution >= 4 is 137 Å². The number of carbonyl (C=O) groups excluding carboxylic acids is 3. The van der Waals surface area contributed by atoms with Crippen LogP contribution in [0.5, 0.6) is 0 Å². The largest absolute Gasteiger partial charge is 0.461 e. The first kappa shape index (κ1) is 92.8. The van der Waals surface area contributed by atoms with Gasteiger partial charge >= 0.3 is 17.8 Å². The Morgan fingerprint density at radius 3 is 1.53 bits per heavy atom. The van der Waals surface area contributed by atoms with Crippen LogP contribution in [0.4, 0.5) is 28.4 Å². The van der Waals surface area contributed by atoms with E-state index in [1.165, 1.54) is 78.3 Å². The van der Waals surface area contributed by atoms with Crippen LogP contribution in [0.1, 0.15) is 145 Å². The summed E-state index contributed by atoms with van der Waals surface area (Å²) in [6.07, 6.45) is 20.5. The van der Waals surface area contributed by atoms with E-state index in [0.717, 1.165) is 148 Å². The lowest BCUT2D eigenvalue weighted by atomic mass is 9.83. The molecule has 1 aromatic heterocycles. The van der Waals surface area contributed by atoms with Crippen molar-refractivity contribution in [3.05, 3.63) is 297 Å². The molecular weight excluding hydrogens is 1550 g/mol. The summed E-state index contributed by atoms with van der Waals surface area (Å²) in [6, 6.07) is 66.3. The number of aryl methyl sites for hydroxylation is 1. The molecule has 0 spiro atoms. The lowest BCUT2D eigenvalue weighted by Gasteiger charge is -2.29. The number of para-hydroxylation sites is 2. The topological polar surface area (TPSA) is 96.6 Å². The van der Waals surface area contributed by atoms with Gasteiger partial charge in [-0.2, -0.15) is 44.4 Å². The number of fused-ring (bicyclic) bond motifs is 3. The second kappa shape index (κ2) is 44.4. The number of rotatable bonds is 32. The molecular formula is C104H129N9O5S3+4. The van der Waals surface area contributed by atoms with E-state index in [9.17, 15) is 14.4 Å². The van der Waals surface area contributed by atoms with Gasteiger partial charge in [-0.15, -0.1) is 0 Å². The van der Waals surface area contributed by atoms with Gasteiger partial charge < -0.3 is 38.1 Å². The lowest BCUT2D eigenvalue weighted by molar-refractivity contribution is -0.888. The van der Waals surface area contributed by atoms with Crippen molar-refractivity contribution in [2.45, 2.75) is 81.7 Å². The quantitative estimate of drug-likeness (QED) is 0.0174. The Labute approximate surface area is 735 Å². The van der Waals surface area contributed by atoms with Crippen LogP contribution in [-0.2, 0) is 20.8 Å². The minimum absolute atomic E-state index is 0.198. The predicted molar refractivity (Wildman–Crippen MR) is 523 cm³/mol. The molecule has 9 aromatic rings. The van der Waals surface area contributed by atoms with Gasteiger partial charge in [-0.3, -0.25) is 0 Å². The number of allylic oxidation sites excluding steroid dienone is 9. The Balaban J connectivity index is 0.000000193. The molecule has 1 amide bonds. The molecule has 0 saturated heterocycles. The second-order valence-electron chi connectivity index (χ2n) is 31.6. The zero-order valence-corrected chi connectivity index (χ0v) is 77.9. The molecule has 14 nitrogen and oxygen atoms in total. The fourth-order valence-corrected chi connectivity index (χ4v) is 17.7. The number of amides is 1. The second-order valence-corrected chi connectivity index (χ2v) is 34.6. The van der Waals surface area contributed by atoms with Gasteiger partial charge in [0.25, 0.3) is 0 Å². The molecule has 0 atom stereocenters. The summed E-state index contributed by atoms with van der Waals surface area (Å²) >= 11 is 5.22. The Morgan fingerprint density at radius 2 is 0.992 bits per heavy atom. The van der Waals surface area contributed by atoms with E-state index in [1.807, 2.05) is 106 Å². The van der Waals surface area contributed by atoms with Crippen LogP contribution in [0.15, 0.2) is 230 Å². The molecule has 0 radical (unpaired) electrons. The summed E-state index contributed by atoms with van der Waals surface area (Å²) in [5.74, 6) is 2.30. The zero-order valence-electron chi connectivity index (χ0n) is 75.5. The smallest absolute Gasteiger partial charge is 0.387 e. The number of hydrogen-bond acceptors (Lipinski definition) is 12. The van der Waals surface area contributed by atoms with E-state index < -0.39 is 0 Å². The van der Waals surface area contributed by atoms with Gasteiger partial charge in [0, 0.05) is 166 Å². The number of benzene rings is 8. The summed E-state index contributed by atoms with van der Waals surface area (Å²) in [5.41, 5.74) is 29.2. The van der Waals surface area contributed by atoms with Gasteiger partial charge in [0.1, 0.15) is 40.4 Å². The zero-order chi connectivity index (χ0) is 87.0. The molecule has 1 aliphatic heterocycles. The van der Waals surface area contributed by atoms with Crippen molar-refractivity contribution < 1.29 is 42.1 Å². The third kappa shape index (κ3) is 22.1. The van der Waals surface area contributed by atoms with Gasteiger partial charge in [0.15, 0.2) is 11.4 Å². The van der Waals surface area contributed by atoms with Crippen LogP contribution in [-0.4, -0.2) is 216 Å². The first-order valence-corrected chi connectivity index (χ1v) is 47.1. The van der Waals surface area contributed by atoms with Gasteiger partial charge in [0.05, 0.1) is 61.4 Å². The van der Waals surface area contributed by atoms with E-state index in [2.05, 4.69) is 305 Å². The van der Waals surface area contributed by atoms with E-state index in [1.54, 1.807) is 23.5 Å². The number of thioether (sulfide) groups is 3. The number of nitrogens with zero attached hydrogens (tertiary/aromatic N) is 9. The van der Waals surface area contributed by atoms with Gasteiger partial charge in [-0.1, -0.05) is 109 Å². The maximum Gasteiger partial charge on any atom is 0.387 e. The fourth-order valence-electron chi connectivity index (χ4n) is 16.5. The van der Waals surface area contributed by atoms with Crippen LogP contribution in [0, 0.1) is 6.92 Å². The van der Waals surface area contributed by atoms with Crippen LogP contribution in [0.3, 0.4) is 0 Å². The van der Waals surface area contributed by atoms with Crippen LogP contribution in [0.25, 0.3) is 38.8 Å². The highest BCUT2D eigenvalue weighted by atomic mass is 32.2. The predicted octanol–water partition coefficient (Wildman–Crippen LogP) is 21.0. The normalized spacial score (nSPS) is 13.5. The molecule has 2 heterocycles. The number of carbonyl (C=O) groups is 3. The molecule has 2 aliphatic carbocycles. The highest BCUT2D eigenvalue weighted by Gasteiger charge is 2.37. The van der Waals surface area contributed by atoms with Crippen molar-refractivity contribution in [2.75, 3.05) is 178 Å². The van der Waals surface area contributed by atoms with Crippen molar-refractivity contribution in [2.24, 2.45) is 0 Å². The van der Waals surface area contributed by atoms with Crippen molar-refractivity contribution in [1.29, 1.82) is 0 Å². The summed E-state index contributed by atoms with van der Waals surface area (Å²) in [4.78, 5) is 49.4. The summed E-state index contributed by atoms with van der Waals surface area (Å²) < 4.78 is 21.2. The molecule has 0 fully saturated rings. The van der Waals surface area contributed by atoms with Crippen molar-refractivity contribution in [3.8, 4) is 0 Å². The highest BCUT2D eigenvalue weighted by Crippen LogP contribution is 2.47. The van der Waals surface area contributed by atoms with Crippen LogP contribution in [0.2, 0.25) is 0 Å². The third-order valence-corrected chi connectivity index (χ3v) is 24.8. The average Bonchev–Trinajstić information content (AvgIpc) is 1.56. The number of ether oxygens (including phenoxy) is 2. The summed E-state index contributed by atoms with van der Waals surface area (Å²) in [6.45, 7) is 28.9. The maximum absolute atomic E-state index is 13.8. The number of hydrogen-bond donors (Lipinski definition) is 0. The Hall–Kier alpha value is -10.4. The monoisotopic (exact) mass is 1680 g/mol. The molecule has 8 aromatic carbocycles. The molecule has 0 unspecified atom stereocenters. The number of aromatic nitrogens is 1. The number of quaternary nitrogens is 1. The SMILES string of the molecule is CCN(CC)c1ccc(C(=C2C=CC(=[N+](CC)C(=O)CCC[N+](C)(C)CCSC)c3ccccc32)c2ccc(N(CC)CC)cc2)cc1.CCn1c(C)c(C(=C2C(C)=[N+](CC)c3ccccc32)c2ccccc2C(=O)OCCSC)c2ccccc21.CSCCOC(=O)c1cc(N(C)C)ccc1C(=C1C=CC(=[N+](C)C)C=C1)c1ccc(N(C)C)cc1. The highest BCUT2D eigenvalue weighted by molar-refractivity contribution is 7.99. The Kier molecular flexibility index (Phi) is 34.1. The van der Waals surface area contributed by atoms with E-state index in [-0.39, 0.29) is 17.8 Å². The molecule has 0 bridgehead atoms. The molecule has 12 rings (SSSR count). The molecule has 0 N–H and O–H groups in total. The minimum Gasteiger partial charge on any atom is -0.461 e. The third-order valence-electron chi connectivity index (χ3n) is 23.1. The minimum atomic E-state index is -0.301. The Morgan fingerprint density at radius 1 is 0.496 bits per heavy atom. The number of anilines is 4. The van der Waals surface area contributed by atoms with Gasteiger partial charge in [-0.05, 0) is 221 Å². The molecule has 17 heteroatoms. The summed E-state index contributed by atoms with van der Waals surface area (Å²) in [5, 5.41) is 1.19. The van der Waals surface area contributed by atoms with Crippen LogP contribution < -0.4 is 19.6 Å². The molecule has 0 saturated carbocycles. The van der Waals surface area contributed by atoms with Crippen molar-refractivity contribution in [3.63, 3.8) is 0 Å². The first-order valence-electron chi connectivity index (χ1n) is 42.9. The van der Waals surface area contributed by atoms with E-state index >= 15 is 0 Å². The fraction of sp³-hybridized carbons (Fsp3) is 0.346. The van der Waals surface area contributed by atoms with Crippen LogP contribution >= 0.6 is 35.3 Å². The van der Waals surface area contributed by atoms with Gasteiger partial charge in [0.2, 0.25) is 11.4 Å². The number of esters is 2. The molecule has 634 valence electrons. The molecule has 3 aliphatic rings. The maximum atomic E-state index is 13.8. The standard InChI is InChI=1S/C42H58N4OS.C33H35N2O2S.C29H36N3O2S/c1-9-43(10-2)35-24-20-33(21-25-35)42(34-22-26-36(27-23-34)44(11-3)12-4)39-28-29-40(38-18-15-14-17-37(38)39)45(13-5)41(47)19-16-30-46(6,7)31-32-48-8;1-6-34-22(3)30(26-16-10-12-18-28(26)34)32(24-14-8-9-15-25(24)33(36)37-20-21-38-5)31-23(4)35(7-2)29-19-13-11-17-27(29)31;1-30(2)23-12-8-21(9-13-23)28(22-10-14-24(15-11-22)31(3)4)26-17-16-25(32(5)6)20-27(26)29(33)34-18-19-35-7/h14-15,17-18,20-29H,9-13,16,19,30-32H2,1-8H3;8-19H,6-7,20-21H2,1-5H3;8-17,20H,18-19H2,1-7H3/q+2;2*+1. The summed E-state index contributed by atoms with van der Waals surface area (Å²) in [7, 11) is 16.6. The Bertz CT molecular complexity index is 5350. The van der Waals surface area contributed by atoms with Gasteiger partial charge in [-0.25, -0.2) is 19.0 Å². The van der Waals surface area contributed by atoms with Crippen molar-refractivity contribution in [1.82, 2.24) is 4.57 Å². The van der Waals surface area contributed by atoms with E-state index in [0.29, 0.717) is 37.3 Å². The lowest BCUT2D eigenvalue weighted by Crippen LogP contribution is -2.42. The average molecular weight is 1680 g/mol.